The van der Waals surface area contributed by atoms with Crippen LogP contribution in [0.2, 0.25) is 0 Å². The maximum Gasteiger partial charge on any atom is 0.341 e. The molecule has 0 aliphatic heterocycles. The van der Waals surface area contributed by atoms with Gasteiger partial charge < -0.3 is 9.84 Å². The number of ether oxygens (including phenoxy) is 1. The Balaban J connectivity index is 2.14. The van der Waals surface area contributed by atoms with Gasteiger partial charge in [-0.2, -0.15) is 0 Å². The van der Waals surface area contributed by atoms with Crippen molar-refractivity contribution >= 4 is 23.0 Å². The molecular formula is C18H13NO4. The molecule has 1 heterocycles. The molecule has 0 bridgehead atoms. The number of benzene rings is 2. The molecule has 0 atom stereocenters. The maximum absolute atomic E-state index is 11.5. The van der Waals surface area contributed by atoms with E-state index in [0.29, 0.717) is 17.5 Å². The number of hydrogen-bond donors (Lipinski definition) is 1. The van der Waals surface area contributed by atoms with Gasteiger partial charge in [0.2, 0.25) is 5.88 Å². The van der Waals surface area contributed by atoms with E-state index in [0.717, 1.165) is 10.8 Å². The Bertz CT molecular complexity index is 918. The summed E-state index contributed by atoms with van der Waals surface area (Å²) in [6, 6.07) is 13.9. The molecule has 0 aliphatic carbocycles. The maximum atomic E-state index is 11.5. The van der Waals surface area contributed by atoms with Crippen LogP contribution in [-0.4, -0.2) is 22.3 Å². The van der Waals surface area contributed by atoms with Crippen LogP contribution in [0.25, 0.3) is 10.8 Å². The van der Waals surface area contributed by atoms with Crippen molar-refractivity contribution in [1.82, 2.24) is 4.98 Å². The number of aryl methyl sites for hydroxylation is 1. The van der Waals surface area contributed by atoms with E-state index in [9.17, 15) is 14.7 Å². The van der Waals surface area contributed by atoms with E-state index in [1.165, 1.54) is 6.07 Å². The SMILES string of the molecule is Cc1ccc(C(=O)O)c(Oc2ccc3ccccc3c2C=O)n1. The fourth-order valence-corrected chi connectivity index (χ4v) is 2.36. The Kier molecular flexibility index (Phi) is 3.76. The predicted molar refractivity (Wildman–Crippen MR) is 85.3 cm³/mol. The van der Waals surface area contributed by atoms with E-state index in [1.807, 2.05) is 30.3 Å². The highest BCUT2D eigenvalue weighted by Gasteiger charge is 2.16. The lowest BCUT2D eigenvalue weighted by Gasteiger charge is -2.11. The molecule has 23 heavy (non-hydrogen) atoms. The van der Waals surface area contributed by atoms with E-state index in [2.05, 4.69) is 4.98 Å². The molecule has 0 saturated heterocycles. The smallest absolute Gasteiger partial charge is 0.341 e. The second-order valence-corrected chi connectivity index (χ2v) is 5.03. The van der Waals surface area contributed by atoms with Crippen LogP contribution in [0, 0.1) is 6.92 Å². The van der Waals surface area contributed by atoms with Gasteiger partial charge in [0.25, 0.3) is 0 Å². The molecule has 1 N–H and O–H groups in total. The fraction of sp³-hybridized carbons (Fsp3) is 0.0556. The first-order chi connectivity index (χ1) is 11.1. The molecule has 0 saturated carbocycles. The summed E-state index contributed by atoms with van der Waals surface area (Å²) < 4.78 is 5.66. The van der Waals surface area contributed by atoms with E-state index in [1.54, 1.807) is 19.1 Å². The van der Waals surface area contributed by atoms with Crippen molar-refractivity contribution < 1.29 is 19.4 Å². The first-order valence-electron chi connectivity index (χ1n) is 6.96. The van der Waals surface area contributed by atoms with E-state index in [4.69, 9.17) is 4.74 Å². The zero-order valence-electron chi connectivity index (χ0n) is 12.3. The summed E-state index contributed by atoms with van der Waals surface area (Å²) in [6.07, 6.45) is 0.702. The average molecular weight is 307 g/mol. The third-order valence-electron chi connectivity index (χ3n) is 3.49. The predicted octanol–water partition coefficient (Wildman–Crippen LogP) is 3.85. The number of carboxylic acid groups (broad SMARTS) is 1. The number of rotatable bonds is 4. The number of carbonyl (C=O) groups is 2. The molecule has 0 amide bonds. The normalized spacial score (nSPS) is 10.5. The Morgan fingerprint density at radius 2 is 1.91 bits per heavy atom. The monoisotopic (exact) mass is 307 g/mol. The number of aldehydes is 1. The fourth-order valence-electron chi connectivity index (χ4n) is 2.36. The second kappa shape index (κ2) is 5.88. The number of fused-ring (bicyclic) bond motifs is 1. The number of carbonyl (C=O) groups excluding carboxylic acids is 1. The van der Waals surface area contributed by atoms with Crippen LogP contribution in [0.1, 0.15) is 26.4 Å². The molecular weight excluding hydrogens is 294 g/mol. The highest BCUT2D eigenvalue weighted by molar-refractivity contribution is 6.01. The minimum absolute atomic E-state index is 0.0316. The lowest BCUT2D eigenvalue weighted by Crippen LogP contribution is -2.04. The van der Waals surface area contributed by atoms with Crippen LogP contribution in [0.4, 0.5) is 0 Å². The van der Waals surface area contributed by atoms with Gasteiger partial charge in [0.05, 0.1) is 5.56 Å². The van der Waals surface area contributed by atoms with Crippen LogP contribution in [0.5, 0.6) is 11.6 Å². The number of aromatic carboxylic acids is 1. The molecule has 2 aromatic carbocycles. The molecule has 0 unspecified atom stereocenters. The zero-order chi connectivity index (χ0) is 16.4. The molecule has 3 aromatic rings. The van der Waals surface area contributed by atoms with Crippen LogP contribution in [0.3, 0.4) is 0 Å². The third-order valence-corrected chi connectivity index (χ3v) is 3.49. The van der Waals surface area contributed by atoms with Gasteiger partial charge in [-0.05, 0) is 35.9 Å². The highest BCUT2D eigenvalue weighted by Crippen LogP contribution is 2.31. The van der Waals surface area contributed by atoms with E-state index < -0.39 is 5.97 Å². The second-order valence-electron chi connectivity index (χ2n) is 5.03. The average Bonchev–Trinajstić information content (AvgIpc) is 2.54. The molecule has 0 radical (unpaired) electrons. The Morgan fingerprint density at radius 3 is 2.65 bits per heavy atom. The van der Waals surface area contributed by atoms with Gasteiger partial charge in [-0.25, -0.2) is 9.78 Å². The summed E-state index contributed by atoms with van der Waals surface area (Å²) in [7, 11) is 0. The molecule has 0 spiro atoms. The molecule has 1 aromatic heterocycles. The van der Waals surface area contributed by atoms with Gasteiger partial charge in [-0.3, -0.25) is 4.79 Å². The van der Waals surface area contributed by atoms with Crippen molar-refractivity contribution in [2.45, 2.75) is 6.92 Å². The van der Waals surface area contributed by atoms with E-state index in [-0.39, 0.29) is 17.2 Å². The third kappa shape index (κ3) is 2.76. The number of nitrogens with zero attached hydrogens (tertiary/aromatic N) is 1. The lowest BCUT2D eigenvalue weighted by molar-refractivity contribution is 0.0693. The van der Waals surface area contributed by atoms with Gasteiger partial charge in [0.1, 0.15) is 11.3 Å². The summed E-state index contributed by atoms with van der Waals surface area (Å²) in [5.41, 5.74) is 0.932. The Morgan fingerprint density at radius 1 is 1.13 bits per heavy atom. The van der Waals surface area contributed by atoms with Crippen molar-refractivity contribution in [3.8, 4) is 11.6 Å². The summed E-state index contributed by atoms with van der Waals surface area (Å²) in [5, 5.41) is 10.9. The van der Waals surface area contributed by atoms with Crippen LogP contribution < -0.4 is 4.74 Å². The summed E-state index contributed by atoms with van der Waals surface area (Å²) in [6.45, 7) is 1.74. The Labute approximate surface area is 132 Å². The minimum Gasteiger partial charge on any atom is -0.477 e. The first kappa shape index (κ1) is 14.7. The molecule has 0 fully saturated rings. The van der Waals surface area contributed by atoms with Crippen LogP contribution in [-0.2, 0) is 0 Å². The van der Waals surface area contributed by atoms with Crippen molar-refractivity contribution in [1.29, 1.82) is 0 Å². The molecule has 5 nitrogen and oxygen atoms in total. The van der Waals surface area contributed by atoms with Crippen molar-refractivity contribution in [3.63, 3.8) is 0 Å². The number of aromatic nitrogens is 1. The van der Waals surface area contributed by atoms with Crippen LogP contribution in [0.15, 0.2) is 48.5 Å². The molecule has 3 rings (SSSR count). The molecule has 114 valence electrons. The quantitative estimate of drug-likeness (QED) is 0.741. The summed E-state index contributed by atoms with van der Waals surface area (Å²) in [5.74, 6) is -0.892. The van der Waals surface area contributed by atoms with Crippen LogP contribution >= 0.6 is 0 Å². The number of hydrogen-bond acceptors (Lipinski definition) is 4. The van der Waals surface area contributed by atoms with Crippen molar-refractivity contribution in [2.75, 3.05) is 0 Å². The van der Waals surface area contributed by atoms with Gasteiger partial charge in [0, 0.05) is 5.69 Å². The Hall–Kier alpha value is -3.21. The van der Waals surface area contributed by atoms with Gasteiger partial charge >= 0.3 is 5.97 Å². The van der Waals surface area contributed by atoms with Gasteiger partial charge in [-0.15, -0.1) is 0 Å². The van der Waals surface area contributed by atoms with Gasteiger partial charge in [-0.1, -0.05) is 30.3 Å². The molecule has 0 aliphatic rings. The summed E-state index contributed by atoms with van der Waals surface area (Å²) >= 11 is 0. The number of carboxylic acids is 1. The standard InChI is InChI=1S/C18H13NO4/c1-11-6-8-14(18(21)22)17(19-11)23-16-9-7-12-4-2-3-5-13(12)15(16)10-20/h2-10H,1H3,(H,21,22). The zero-order valence-corrected chi connectivity index (χ0v) is 12.3. The minimum atomic E-state index is -1.14. The molecule has 5 heteroatoms. The summed E-state index contributed by atoms with van der Waals surface area (Å²) in [4.78, 5) is 26.9. The van der Waals surface area contributed by atoms with E-state index >= 15 is 0 Å². The lowest BCUT2D eigenvalue weighted by atomic mass is 10.0. The topological polar surface area (TPSA) is 76.5 Å². The largest absolute Gasteiger partial charge is 0.477 e. The van der Waals surface area contributed by atoms with Crippen molar-refractivity contribution in [2.24, 2.45) is 0 Å². The van der Waals surface area contributed by atoms with Crippen molar-refractivity contribution in [3.05, 3.63) is 65.4 Å². The number of pyridine rings is 1. The first-order valence-corrected chi connectivity index (χ1v) is 6.96. The van der Waals surface area contributed by atoms with Gasteiger partial charge in [0.15, 0.2) is 6.29 Å². The highest BCUT2D eigenvalue weighted by atomic mass is 16.5.